The van der Waals surface area contributed by atoms with Crippen LogP contribution in [-0.2, 0) is 14.3 Å². The van der Waals surface area contributed by atoms with Crippen LogP contribution in [0.4, 0.5) is 4.79 Å². The van der Waals surface area contributed by atoms with Gasteiger partial charge >= 0.3 is 12.1 Å². The van der Waals surface area contributed by atoms with Crippen molar-refractivity contribution >= 4 is 18.0 Å². The van der Waals surface area contributed by atoms with E-state index in [-0.39, 0.29) is 31.9 Å². The number of hydrogen-bond donors (Lipinski definition) is 3. The highest BCUT2D eigenvalue weighted by Crippen LogP contribution is 2.44. The van der Waals surface area contributed by atoms with E-state index in [9.17, 15) is 14.4 Å². The van der Waals surface area contributed by atoms with Gasteiger partial charge in [-0.3, -0.25) is 9.59 Å². The molecule has 0 spiro atoms. The SMILES string of the molecule is C#CCC(NC(=O)OCC1c2ccccc2-c2ccccc21)C(=O)NCCC(C)C(=O)O. The van der Waals surface area contributed by atoms with Crippen LogP contribution in [0.1, 0.15) is 36.8 Å². The summed E-state index contributed by atoms with van der Waals surface area (Å²) >= 11 is 0. The van der Waals surface area contributed by atoms with E-state index in [4.69, 9.17) is 16.3 Å². The summed E-state index contributed by atoms with van der Waals surface area (Å²) in [6.45, 7) is 1.85. The van der Waals surface area contributed by atoms with Crippen LogP contribution < -0.4 is 10.6 Å². The molecule has 0 saturated carbocycles. The number of aliphatic carboxylic acids is 1. The predicted octanol–water partition coefficient (Wildman–Crippen LogP) is 3.14. The maximum atomic E-state index is 12.4. The molecule has 0 radical (unpaired) electrons. The smallest absolute Gasteiger partial charge is 0.407 e. The monoisotopic (exact) mass is 434 g/mol. The van der Waals surface area contributed by atoms with Gasteiger partial charge in [-0.05, 0) is 28.7 Å². The first-order valence-electron chi connectivity index (χ1n) is 10.5. The first-order chi connectivity index (χ1) is 15.4. The lowest BCUT2D eigenvalue weighted by Crippen LogP contribution is -2.47. The molecule has 2 aromatic carbocycles. The molecule has 3 N–H and O–H groups in total. The van der Waals surface area contributed by atoms with Crippen LogP contribution in [0.25, 0.3) is 11.1 Å². The van der Waals surface area contributed by atoms with Crippen LogP contribution in [-0.4, -0.2) is 42.3 Å². The van der Waals surface area contributed by atoms with Gasteiger partial charge in [0.05, 0.1) is 5.92 Å². The fourth-order valence-electron chi connectivity index (χ4n) is 3.77. The molecule has 0 saturated heterocycles. The number of ether oxygens (including phenoxy) is 1. The third kappa shape index (κ3) is 5.27. The van der Waals surface area contributed by atoms with Crippen molar-refractivity contribution in [2.24, 2.45) is 5.92 Å². The van der Waals surface area contributed by atoms with Gasteiger partial charge < -0.3 is 20.5 Å². The minimum atomic E-state index is -0.962. The fourth-order valence-corrected chi connectivity index (χ4v) is 3.77. The Kier molecular flexibility index (Phi) is 7.50. The predicted molar refractivity (Wildman–Crippen MR) is 120 cm³/mol. The molecule has 2 atom stereocenters. The van der Waals surface area contributed by atoms with Gasteiger partial charge in [-0.15, -0.1) is 12.3 Å². The zero-order chi connectivity index (χ0) is 23.1. The summed E-state index contributed by atoms with van der Waals surface area (Å²) in [7, 11) is 0. The van der Waals surface area contributed by atoms with E-state index in [0.29, 0.717) is 0 Å². The summed E-state index contributed by atoms with van der Waals surface area (Å²) < 4.78 is 5.46. The molecule has 166 valence electrons. The van der Waals surface area contributed by atoms with Gasteiger partial charge in [-0.2, -0.15) is 0 Å². The Hall–Kier alpha value is -3.79. The van der Waals surface area contributed by atoms with E-state index in [1.807, 2.05) is 48.5 Å². The summed E-state index contributed by atoms with van der Waals surface area (Å²) in [5.41, 5.74) is 4.42. The van der Waals surface area contributed by atoms with Crippen molar-refractivity contribution in [3.63, 3.8) is 0 Å². The van der Waals surface area contributed by atoms with Crippen molar-refractivity contribution in [1.82, 2.24) is 10.6 Å². The molecule has 2 amide bonds. The number of hydrogen-bond acceptors (Lipinski definition) is 4. The van der Waals surface area contributed by atoms with E-state index >= 15 is 0 Å². The Bertz CT molecular complexity index is 997. The van der Waals surface area contributed by atoms with Gasteiger partial charge in [0.1, 0.15) is 12.6 Å². The van der Waals surface area contributed by atoms with E-state index in [1.165, 1.54) is 0 Å². The normalized spacial score (nSPS) is 13.8. The number of carboxylic acids is 1. The zero-order valence-electron chi connectivity index (χ0n) is 17.8. The summed E-state index contributed by atoms with van der Waals surface area (Å²) in [5, 5.41) is 14.1. The molecule has 1 aliphatic carbocycles. The number of alkyl carbamates (subject to hydrolysis) is 1. The van der Waals surface area contributed by atoms with E-state index in [2.05, 4.69) is 16.6 Å². The second-order valence-electron chi connectivity index (χ2n) is 7.75. The number of benzene rings is 2. The van der Waals surface area contributed by atoms with Crippen molar-refractivity contribution in [2.75, 3.05) is 13.2 Å². The Morgan fingerprint density at radius 1 is 1.09 bits per heavy atom. The van der Waals surface area contributed by atoms with Gasteiger partial charge in [0, 0.05) is 18.9 Å². The second-order valence-corrected chi connectivity index (χ2v) is 7.75. The second kappa shape index (κ2) is 10.5. The lowest BCUT2D eigenvalue weighted by atomic mass is 9.98. The summed E-state index contributed by atoms with van der Waals surface area (Å²) in [4.78, 5) is 35.7. The third-order valence-electron chi connectivity index (χ3n) is 5.57. The van der Waals surface area contributed by atoms with Crippen LogP contribution in [0.2, 0.25) is 0 Å². The molecule has 2 unspecified atom stereocenters. The summed E-state index contributed by atoms with van der Waals surface area (Å²) in [6.07, 6.45) is 4.87. The zero-order valence-corrected chi connectivity index (χ0v) is 17.8. The topological polar surface area (TPSA) is 105 Å². The maximum Gasteiger partial charge on any atom is 0.407 e. The molecular formula is C25H26N2O5. The van der Waals surface area contributed by atoms with E-state index in [0.717, 1.165) is 22.3 Å². The Balaban J connectivity index is 1.57. The van der Waals surface area contributed by atoms with Gasteiger partial charge in [-0.25, -0.2) is 4.79 Å². The summed E-state index contributed by atoms with van der Waals surface area (Å²) in [6, 6.07) is 15.0. The Morgan fingerprint density at radius 3 is 2.25 bits per heavy atom. The van der Waals surface area contributed by atoms with Crippen LogP contribution in [0, 0.1) is 18.3 Å². The lowest BCUT2D eigenvalue weighted by molar-refractivity contribution is -0.141. The van der Waals surface area contributed by atoms with Crippen molar-refractivity contribution in [1.29, 1.82) is 0 Å². The van der Waals surface area contributed by atoms with Crippen molar-refractivity contribution in [2.45, 2.75) is 31.7 Å². The highest BCUT2D eigenvalue weighted by Gasteiger charge is 2.29. The molecule has 0 fully saturated rings. The minimum Gasteiger partial charge on any atom is -0.481 e. The largest absolute Gasteiger partial charge is 0.481 e. The molecule has 3 rings (SSSR count). The van der Waals surface area contributed by atoms with Gasteiger partial charge in [0.15, 0.2) is 0 Å². The Labute approximate surface area is 187 Å². The number of amides is 2. The van der Waals surface area contributed by atoms with Gasteiger partial charge in [0.2, 0.25) is 5.91 Å². The highest BCUT2D eigenvalue weighted by molar-refractivity contribution is 5.86. The lowest BCUT2D eigenvalue weighted by Gasteiger charge is -2.18. The van der Waals surface area contributed by atoms with Crippen LogP contribution in [0.3, 0.4) is 0 Å². The van der Waals surface area contributed by atoms with Crippen LogP contribution in [0.15, 0.2) is 48.5 Å². The van der Waals surface area contributed by atoms with Crippen molar-refractivity contribution in [3.8, 4) is 23.5 Å². The van der Waals surface area contributed by atoms with Crippen LogP contribution >= 0.6 is 0 Å². The number of fused-ring (bicyclic) bond motifs is 3. The molecule has 1 aliphatic rings. The quantitative estimate of drug-likeness (QED) is 0.526. The molecule has 32 heavy (non-hydrogen) atoms. The molecule has 7 heteroatoms. The van der Waals surface area contributed by atoms with Gasteiger partial charge in [-0.1, -0.05) is 55.5 Å². The first kappa shape index (κ1) is 22.9. The number of terminal acetylenes is 1. The molecule has 0 heterocycles. The van der Waals surface area contributed by atoms with Gasteiger partial charge in [0.25, 0.3) is 0 Å². The molecule has 7 nitrogen and oxygen atoms in total. The molecular weight excluding hydrogens is 408 g/mol. The highest BCUT2D eigenvalue weighted by atomic mass is 16.5. The Morgan fingerprint density at radius 2 is 1.69 bits per heavy atom. The summed E-state index contributed by atoms with van der Waals surface area (Å²) in [5.74, 6) is 0.279. The number of nitrogens with one attached hydrogen (secondary N) is 2. The number of carbonyl (C=O) groups excluding carboxylic acids is 2. The number of carbonyl (C=O) groups is 3. The van der Waals surface area contributed by atoms with E-state index < -0.39 is 29.9 Å². The first-order valence-corrected chi connectivity index (χ1v) is 10.5. The number of rotatable bonds is 9. The van der Waals surface area contributed by atoms with E-state index in [1.54, 1.807) is 6.92 Å². The van der Waals surface area contributed by atoms with Crippen LogP contribution in [0.5, 0.6) is 0 Å². The number of carboxylic acid groups (broad SMARTS) is 1. The minimum absolute atomic E-state index is 0.00941. The third-order valence-corrected chi connectivity index (χ3v) is 5.57. The standard InChI is InChI=1S/C25H26N2O5/c1-3-8-22(23(28)26-14-13-16(2)24(29)30)27-25(31)32-15-21-19-11-6-4-9-17(19)18-10-5-7-12-20(18)21/h1,4-7,9-12,16,21-22H,8,13-15H2,2H3,(H,26,28)(H,27,31)(H,29,30). The molecule has 0 aromatic heterocycles. The van der Waals surface area contributed by atoms with Crippen molar-refractivity contribution in [3.05, 3.63) is 59.7 Å². The van der Waals surface area contributed by atoms with Crippen molar-refractivity contribution < 1.29 is 24.2 Å². The average Bonchev–Trinajstić information content (AvgIpc) is 3.11. The molecule has 2 aromatic rings. The maximum absolute atomic E-state index is 12.4. The fraction of sp³-hybridized carbons (Fsp3) is 0.320. The molecule has 0 bridgehead atoms. The molecule has 0 aliphatic heterocycles. The average molecular weight is 434 g/mol.